The highest BCUT2D eigenvalue weighted by Crippen LogP contribution is 2.19. The molecular formula is C14H17FN4O2. The summed E-state index contributed by atoms with van der Waals surface area (Å²) in [6.07, 6.45) is 0. The zero-order valence-corrected chi connectivity index (χ0v) is 11.9. The lowest BCUT2D eigenvalue weighted by atomic mass is 10.2. The molecule has 1 heterocycles. The molecule has 0 saturated carbocycles. The Morgan fingerprint density at radius 1 is 1.43 bits per heavy atom. The van der Waals surface area contributed by atoms with Crippen molar-refractivity contribution in [3.05, 3.63) is 41.7 Å². The number of aromatic nitrogens is 3. The van der Waals surface area contributed by atoms with E-state index in [1.165, 1.54) is 10.7 Å². The molecule has 2 rings (SSSR count). The Morgan fingerprint density at radius 2 is 2.14 bits per heavy atom. The van der Waals surface area contributed by atoms with E-state index in [-0.39, 0.29) is 30.6 Å². The highest BCUT2D eigenvalue weighted by Gasteiger charge is 2.20. The molecule has 0 aliphatic heterocycles. The number of halogens is 1. The number of hydrogen-bond acceptors (Lipinski definition) is 4. The molecule has 21 heavy (non-hydrogen) atoms. The number of para-hydroxylation sites is 1. The Hall–Kier alpha value is -2.28. The van der Waals surface area contributed by atoms with Crippen molar-refractivity contribution in [3.63, 3.8) is 0 Å². The van der Waals surface area contributed by atoms with Crippen molar-refractivity contribution in [2.45, 2.75) is 19.8 Å². The normalized spacial score (nSPS) is 10.9. The van der Waals surface area contributed by atoms with E-state index in [4.69, 9.17) is 5.11 Å². The molecule has 112 valence electrons. The molecule has 0 aliphatic carbocycles. The highest BCUT2D eigenvalue weighted by molar-refractivity contribution is 5.90. The third kappa shape index (κ3) is 3.25. The molecule has 6 nitrogen and oxygen atoms in total. The molecule has 0 radical (unpaired) electrons. The Bertz CT molecular complexity index is 640. The molecule has 0 aliphatic rings. The van der Waals surface area contributed by atoms with Crippen LogP contribution in [0.25, 0.3) is 5.69 Å². The average Bonchev–Trinajstić information content (AvgIpc) is 2.90. The van der Waals surface area contributed by atoms with E-state index in [1.54, 1.807) is 18.2 Å². The van der Waals surface area contributed by atoms with E-state index in [0.717, 1.165) is 0 Å². The third-order valence-electron chi connectivity index (χ3n) is 2.83. The first-order valence-corrected chi connectivity index (χ1v) is 6.65. The number of carbonyl (C=O) groups is 1. The number of nitrogens with zero attached hydrogens (tertiary/aromatic N) is 3. The van der Waals surface area contributed by atoms with Gasteiger partial charge in [-0.15, -0.1) is 5.10 Å². The second-order valence-electron chi connectivity index (χ2n) is 4.79. The van der Waals surface area contributed by atoms with Crippen LogP contribution in [0.4, 0.5) is 4.39 Å². The maximum absolute atomic E-state index is 13.9. The first-order chi connectivity index (χ1) is 10.0. The van der Waals surface area contributed by atoms with Gasteiger partial charge in [0.05, 0.1) is 6.61 Å². The number of aliphatic hydroxyl groups is 1. The molecule has 0 saturated heterocycles. The maximum atomic E-state index is 13.9. The van der Waals surface area contributed by atoms with Gasteiger partial charge in [-0.05, 0) is 12.1 Å². The summed E-state index contributed by atoms with van der Waals surface area (Å²) in [5, 5.41) is 15.3. The van der Waals surface area contributed by atoms with Gasteiger partial charge in [0.15, 0.2) is 0 Å². The second-order valence-corrected chi connectivity index (χ2v) is 4.79. The summed E-state index contributed by atoms with van der Waals surface area (Å²) in [6, 6.07) is 6.17. The largest absolute Gasteiger partial charge is 0.395 e. The van der Waals surface area contributed by atoms with Crippen LogP contribution >= 0.6 is 0 Å². The van der Waals surface area contributed by atoms with E-state index in [2.05, 4.69) is 15.4 Å². The Balaban J connectivity index is 2.43. The van der Waals surface area contributed by atoms with Crippen molar-refractivity contribution in [2.24, 2.45) is 0 Å². The molecule has 2 N–H and O–H groups in total. The van der Waals surface area contributed by atoms with E-state index in [9.17, 15) is 9.18 Å². The molecule has 0 bridgehead atoms. The summed E-state index contributed by atoms with van der Waals surface area (Å²) >= 11 is 0. The Kier molecular flexibility index (Phi) is 4.64. The lowest BCUT2D eigenvalue weighted by Gasteiger charge is -2.08. The first-order valence-electron chi connectivity index (χ1n) is 6.65. The van der Waals surface area contributed by atoms with Gasteiger partial charge in [0.1, 0.15) is 17.3 Å². The monoisotopic (exact) mass is 292 g/mol. The number of hydrogen-bond donors (Lipinski definition) is 2. The van der Waals surface area contributed by atoms with E-state index in [0.29, 0.717) is 5.82 Å². The summed E-state index contributed by atoms with van der Waals surface area (Å²) in [6.45, 7) is 3.72. The summed E-state index contributed by atoms with van der Waals surface area (Å²) in [5.41, 5.74) is 0.245. The van der Waals surface area contributed by atoms with Crippen molar-refractivity contribution in [1.82, 2.24) is 20.1 Å². The van der Waals surface area contributed by atoms with Crippen LogP contribution in [0.15, 0.2) is 24.3 Å². The summed E-state index contributed by atoms with van der Waals surface area (Å²) in [7, 11) is 0. The molecule has 1 aromatic carbocycles. The predicted molar refractivity (Wildman–Crippen MR) is 74.8 cm³/mol. The van der Waals surface area contributed by atoms with Gasteiger partial charge in [-0.1, -0.05) is 26.0 Å². The number of carbonyl (C=O) groups excluding carboxylic acids is 1. The average molecular weight is 292 g/mol. The van der Waals surface area contributed by atoms with Gasteiger partial charge in [0, 0.05) is 12.5 Å². The zero-order chi connectivity index (χ0) is 15.4. The SMILES string of the molecule is CC(C)c1nc(C(=O)NCCO)nn1-c1ccccc1F. The van der Waals surface area contributed by atoms with Gasteiger partial charge in [0.25, 0.3) is 5.91 Å². The van der Waals surface area contributed by atoms with Gasteiger partial charge in [0.2, 0.25) is 5.82 Å². The number of benzene rings is 1. The van der Waals surface area contributed by atoms with Crippen molar-refractivity contribution in [1.29, 1.82) is 0 Å². The van der Waals surface area contributed by atoms with E-state index < -0.39 is 11.7 Å². The number of aliphatic hydroxyl groups excluding tert-OH is 1. The molecule has 1 aromatic heterocycles. The fraction of sp³-hybridized carbons (Fsp3) is 0.357. The van der Waals surface area contributed by atoms with Gasteiger partial charge >= 0.3 is 0 Å². The van der Waals surface area contributed by atoms with Crippen LogP contribution in [0.1, 0.15) is 36.2 Å². The first kappa shape index (κ1) is 15.1. The smallest absolute Gasteiger partial charge is 0.291 e. The lowest BCUT2D eigenvalue weighted by Crippen LogP contribution is -2.27. The summed E-state index contributed by atoms with van der Waals surface area (Å²) in [4.78, 5) is 16.0. The summed E-state index contributed by atoms with van der Waals surface area (Å²) in [5.74, 6) is -0.520. The number of rotatable bonds is 5. The molecule has 2 aromatic rings. The molecule has 0 spiro atoms. The molecule has 1 amide bonds. The molecule has 7 heteroatoms. The Labute approximate surface area is 121 Å². The maximum Gasteiger partial charge on any atom is 0.291 e. The van der Waals surface area contributed by atoms with Crippen LogP contribution < -0.4 is 5.32 Å². The third-order valence-corrected chi connectivity index (χ3v) is 2.83. The van der Waals surface area contributed by atoms with Gasteiger partial charge in [-0.25, -0.2) is 14.1 Å². The van der Waals surface area contributed by atoms with Gasteiger partial charge in [-0.3, -0.25) is 4.79 Å². The second kappa shape index (κ2) is 6.45. The molecule has 0 atom stereocenters. The van der Waals surface area contributed by atoms with Crippen LogP contribution in [-0.4, -0.2) is 38.9 Å². The van der Waals surface area contributed by atoms with Gasteiger partial charge in [-0.2, -0.15) is 0 Å². The zero-order valence-electron chi connectivity index (χ0n) is 11.9. The quantitative estimate of drug-likeness (QED) is 0.869. The van der Waals surface area contributed by atoms with Crippen LogP contribution in [0.2, 0.25) is 0 Å². The molecule has 0 fully saturated rings. The van der Waals surface area contributed by atoms with Crippen molar-refractivity contribution >= 4 is 5.91 Å². The van der Waals surface area contributed by atoms with Crippen LogP contribution in [0.3, 0.4) is 0 Å². The van der Waals surface area contributed by atoms with Crippen LogP contribution in [0.5, 0.6) is 0 Å². The van der Waals surface area contributed by atoms with E-state index >= 15 is 0 Å². The minimum Gasteiger partial charge on any atom is -0.395 e. The van der Waals surface area contributed by atoms with Crippen molar-refractivity contribution in [3.8, 4) is 5.69 Å². The highest BCUT2D eigenvalue weighted by atomic mass is 19.1. The molecular weight excluding hydrogens is 275 g/mol. The van der Waals surface area contributed by atoms with E-state index in [1.807, 2.05) is 13.8 Å². The predicted octanol–water partition coefficient (Wildman–Crippen LogP) is 1.25. The topological polar surface area (TPSA) is 80.0 Å². The van der Waals surface area contributed by atoms with Crippen molar-refractivity contribution in [2.75, 3.05) is 13.2 Å². The van der Waals surface area contributed by atoms with Crippen LogP contribution in [0, 0.1) is 5.82 Å². The summed E-state index contributed by atoms with van der Waals surface area (Å²) < 4.78 is 15.3. The fourth-order valence-corrected chi connectivity index (χ4v) is 1.84. The Morgan fingerprint density at radius 3 is 2.76 bits per heavy atom. The number of nitrogens with one attached hydrogen (secondary N) is 1. The number of amides is 1. The lowest BCUT2D eigenvalue weighted by molar-refractivity contribution is 0.0934. The fourth-order valence-electron chi connectivity index (χ4n) is 1.84. The standard InChI is InChI=1S/C14H17FN4O2/c1-9(2)13-17-12(14(21)16-7-8-20)18-19(13)11-6-4-3-5-10(11)15/h3-6,9,20H,7-8H2,1-2H3,(H,16,21). The minimum atomic E-state index is -0.499. The van der Waals surface area contributed by atoms with Crippen molar-refractivity contribution < 1.29 is 14.3 Å². The van der Waals surface area contributed by atoms with Gasteiger partial charge < -0.3 is 10.4 Å². The molecule has 0 unspecified atom stereocenters. The van der Waals surface area contributed by atoms with Crippen LogP contribution in [-0.2, 0) is 0 Å². The minimum absolute atomic E-state index is 0.0310.